The van der Waals surface area contributed by atoms with Crippen LogP contribution < -0.4 is 5.32 Å². The Morgan fingerprint density at radius 3 is 2.48 bits per heavy atom. The van der Waals surface area contributed by atoms with Gasteiger partial charge in [-0.2, -0.15) is 0 Å². The van der Waals surface area contributed by atoms with E-state index in [2.05, 4.69) is 5.32 Å². The number of rotatable bonds is 9. The van der Waals surface area contributed by atoms with E-state index >= 15 is 0 Å². The Morgan fingerprint density at radius 2 is 1.90 bits per heavy atom. The predicted molar refractivity (Wildman–Crippen MR) is 82.4 cm³/mol. The predicted octanol–water partition coefficient (Wildman–Crippen LogP) is 1.34. The lowest BCUT2D eigenvalue weighted by atomic mass is 10.0. The molecule has 0 saturated carbocycles. The molecule has 1 N–H and O–H groups in total. The number of ketones is 1. The highest BCUT2D eigenvalue weighted by molar-refractivity contribution is 6.01. The third-order valence-electron chi connectivity index (χ3n) is 3.00. The molecular weight excluding hydrogens is 268 g/mol. The topological polar surface area (TPSA) is 58.6 Å². The van der Waals surface area contributed by atoms with Gasteiger partial charge in [-0.15, -0.1) is 0 Å². The van der Waals surface area contributed by atoms with Gasteiger partial charge in [0.25, 0.3) is 0 Å². The van der Waals surface area contributed by atoms with Crippen molar-refractivity contribution < 1.29 is 14.3 Å². The first-order valence-corrected chi connectivity index (χ1v) is 7.17. The molecule has 0 saturated heterocycles. The quantitative estimate of drug-likeness (QED) is 0.550. The minimum atomic E-state index is -0.550. The first kappa shape index (κ1) is 17.3. The van der Waals surface area contributed by atoms with E-state index in [1.165, 1.54) is 0 Å². The van der Waals surface area contributed by atoms with Crippen LogP contribution in [0.25, 0.3) is 0 Å². The number of benzene rings is 1. The lowest BCUT2D eigenvalue weighted by Gasteiger charge is -2.18. The van der Waals surface area contributed by atoms with Crippen LogP contribution in [-0.2, 0) is 9.53 Å². The molecule has 0 spiro atoms. The highest BCUT2D eigenvalue weighted by atomic mass is 16.5. The molecule has 0 aliphatic rings. The van der Waals surface area contributed by atoms with Crippen molar-refractivity contribution in [1.82, 2.24) is 10.2 Å². The summed E-state index contributed by atoms with van der Waals surface area (Å²) in [6.07, 6.45) is 0.0506. The zero-order valence-electron chi connectivity index (χ0n) is 13.0. The third kappa shape index (κ3) is 6.51. The zero-order valence-corrected chi connectivity index (χ0v) is 13.0. The molecule has 0 aliphatic carbocycles. The number of nitrogens with one attached hydrogen (secondary N) is 1. The molecule has 5 nitrogen and oxygen atoms in total. The van der Waals surface area contributed by atoms with Crippen LogP contribution >= 0.6 is 0 Å². The second-order valence-corrected chi connectivity index (χ2v) is 5.05. The molecule has 1 rings (SSSR count). The fraction of sp³-hybridized carbons (Fsp3) is 0.500. The van der Waals surface area contributed by atoms with Crippen molar-refractivity contribution in [2.24, 2.45) is 0 Å². The normalized spacial score (nSPS) is 12.2. The number of hydrogen-bond donors (Lipinski definition) is 1. The van der Waals surface area contributed by atoms with Crippen molar-refractivity contribution >= 4 is 11.8 Å². The average molecular weight is 292 g/mol. The Morgan fingerprint density at radius 1 is 1.24 bits per heavy atom. The van der Waals surface area contributed by atoms with E-state index < -0.39 is 6.04 Å². The molecule has 0 aromatic heterocycles. The van der Waals surface area contributed by atoms with Gasteiger partial charge < -0.3 is 15.0 Å². The van der Waals surface area contributed by atoms with Gasteiger partial charge in [-0.1, -0.05) is 30.3 Å². The maximum atomic E-state index is 12.5. The van der Waals surface area contributed by atoms with E-state index in [1.54, 1.807) is 19.1 Å². The second-order valence-electron chi connectivity index (χ2n) is 5.05. The van der Waals surface area contributed by atoms with Crippen LogP contribution in [-0.4, -0.2) is 56.5 Å². The van der Waals surface area contributed by atoms with Gasteiger partial charge in [-0.05, 0) is 21.0 Å². The van der Waals surface area contributed by atoms with Crippen LogP contribution in [0.15, 0.2) is 30.3 Å². The van der Waals surface area contributed by atoms with E-state index in [1.807, 2.05) is 37.2 Å². The van der Waals surface area contributed by atoms with Gasteiger partial charge in [0.05, 0.1) is 19.1 Å². The number of ether oxygens (including phenoxy) is 1. The van der Waals surface area contributed by atoms with Gasteiger partial charge in [-0.3, -0.25) is 9.59 Å². The van der Waals surface area contributed by atoms with Crippen LogP contribution in [0.1, 0.15) is 23.7 Å². The summed E-state index contributed by atoms with van der Waals surface area (Å²) >= 11 is 0. The van der Waals surface area contributed by atoms with E-state index in [4.69, 9.17) is 4.74 Å². The van der Waals surface area contributed by atoms with E-state index in [0.717, 1.165) is 6.54 Å². The van der Waals surface area contributed by atoms with Crippen LogP contribution in [0, 0.1) is 0 Å². The number of nitrogens with zero attached hydrogens (tertiary/aromatic N) is 1. The van der Waals surface area contributed by atoms with Crippen LogP contribution in [0.5, 0.6) is 0 Å². The summed E-state index contributed by atoms with van der Waals surface area (Å²) in [5.41, 5.74) is 0.601. The molecule has 21 heavy (non-hydrogen) atoms. The summed E-state index contributed by atoms with van der Waals surface area (Å²) in [5, 5.41) is 3.15. The van der Waals surface area contributed by atoms with Gasteiger partial charge in [0.1, 0.15) is 0 Å². The van der Waals surface area contributed by atoms with Crippen LogP contribution in [0.4, 0.5) is 0 Å². The average Bonchev–Trinajstić information content (AvgIpc) is 2.46. The first-order chi connectivity index (χ1) is 10.0. The van der Waals surface area contributed by atoms with Crippen molar-refractivity contribution in [2.75, 3.05) is 33.8 Å². The molecule has 0 heterocycles. The van der Waals surface area contributed by atoms with Gasteiger partial charge in [0.2, 0.25) is 0 Å². The maximum absolute atomic E-state index is 12.5. The Labute approximate surface area is 126 Å². The summed E-state index contributed by atoms with van der Waals surface area (Å²) in [5.74, 6) is -0.438. The first-order valence-electron chi connectivity index (χ1n) is 7.17. The fourth-order valence-corrected chi connectivity index (χ4v) is 1.91. The van der Waals surface area contributed by atoms with Crippen LogP contribution in [0.2, 0.25) is 0 Å². The number of esters is 1. The SMILES string of the molecule is CCOC(=O)CC(NCCN(C)C)C(=O)c1ccccc1. The largest absolute Gasteiger partial charge is 0.466 e. The zero-order chi connectivity index (χ0) is 15.7. The number of Topliss-reactive ketones (excluding diaryl/α,β-unsaturated/α-hetero) is 1. The highest BCUT2D eigenvalue weighted by Gasteiger charge is 2.23. The molecule has 116 valence electrons. The Kier molecular flexibility index (Phi) is 7.64. The number of likely N-dealkylation sites (N-methyl/N-ethyl adjacent to an activating group) is 1. The summed E-state index contributed by atoms with van der Waals surface area (Å²) in [7, 11) is 3.92. The van der Waals surface area contributed by atoms with E-state index in [-0.39, 0.29) is 18.2 Å². The molecule has 0 amide bonds. The molecule has 1 atom stereocenters. The number of carbonyl (C=O) groups is 2. The maximum Gasteiger partial charge on any atom is 0.307 e. The Hall–Kier alpha value is -1.72. The smallest absolute Gasteiger partial charge is 0.307 e. The van der Waals surface area contributed by atoms with Crippen molar-refractivity contribution in [2.45, 2.75) is 19.4 Å². The molecule has 0 bridgehead atoms. The summed E-state index contributed by atoms with van der Waals surface area (Å²) in [6.45, 7) is 3.51. The molecule has 5 heteroatoms. The minimum absolute atomic E-state index is 0.0506. The molecule has 0 fully saturated rings. The molecule has 1 aromatic rings. The van der Waals surface area contributed by atoms with E-state index in [0.29, 0.717) is 18.7 Å². The highest BCUT2D eigenvalue weighted by Crippen LogP contribution is 2.07. The molecule has 1 aromatic carbocycles. The number of hydrogen-bond acceptors (Lipinski definition) is 5. The fourth-order valence-electron chi connectivity index (χ4n) is 1.91. The second kappa shape index (κ2) is 9.26. The van der Waals surface area contributed by atoms with Crippen LogP contribution in [0.3, 0.4) is 0 Å². The van der Waals surface area contributed by atoms with Gasteiger partial charge in [-0.25, -0.2) is 0 Å². The van der Waals surface area contributed by atoms with Crippen molar-refractivity contribution in [1.29, 1.82) is 0 Å². The Bertz CT molecular complexity index is 446. The van der Waals surface area contributed by atoms with E-state index in [9.17, 15) is 9.59 Å². The van der Waals surface area contributed by atoms with Gasteiger partial charge in [0, 0.05) is 18.7 Å². The summed E-state index contributed by atoms with van der Waals surface area (Å²) in [4.78, 5) is 26.2. The van der Waals surface area contributed by atoms with Crippen molar-refractivity contribution in [3.8, 4) is 0 Å². The molecule has 0 aliphatic heterocycles. The van der Waals surface area contributed by atoms with Crippen molar-refractivity contribution in [3.63, 3.8) is 0 Å². The Balaban J connectivity index is 2.70. The van der Waals surface area contributed by atoms with Gasteiger partial charge >= 0.3 is 5.97 Å². The lowest BCUT2D eigenvalue weighted by molar-refractivity contribution is -0.143. The summed E-state index contributed by atoms with van der Waals surface area (Å²) < 4.78 is 4.94. The van der Waals surface area contributed by atoms with Crippen molar-refractivity contribution in [3.05, 3.63) is 35.9 Å². The minimum Gasteiger partial charge on any atom is -0.466 e. The molecular formula is C16H24N2O3. The summed E-state index contributed by atoms with van der Waals surface area (Å²) in [6, 6.07) is 8.45. The monoisotopic (exact) mass is 292 g/mol. The van der Waals surface area contributed by atoms with Gasteiger partial charge in [0.15, 0.2) is 5.78 Å². The third-order valence-corrected chi connectivity index (χ3v) is 3.00. The molecule has 1 unspecified atom stereocenters. The lowest BCUT2D eigenvalue weighted by Crippen LogP contribution is -2.42. The standard InChI is InChI=1S/C16H24N2O3/c1-4-21-15(19)12-14(17-10-11-18(2)3)16(20)13-8-6-5-7-9-13/h5-9,14,17H,4,10-12H2,1-3H3. The number of carbonyl (C=O) groups excluding carboxylic acids is 2. The molecule has 0 radical (unpaired) electrons.